The molecule has 0 saturated carbocycles. The Kier molecular flexibility index (Phi) is 16.3. The predicted octanol–water partition coefficient (Wildman–Crippen LogP) is 7.68. The second-order valence-electron chi connectivity index (χ2n) is 13.3. The topological polar surface area (TPSA) is 95.7 Å². The largest absolute Gasteiger partial charge is 0.369 e. The van der Waals surface area contributed by atoms with E-state index in [9.17, 15) is 14.4 Å². The first-order chi connectivity index (χ1) is 22.9. The van der Waals surface area contributed by atoms with E-state index >= 15 is 0 Å². The number of imide groups is 1. The molecule has 0 radical (unpaired) electrons. The van der Waals surface area contributed by atoms with Crippen LogP contribution >= 0.6 is 0 Å². The molecule has 2 aromatic rings. The van der Waals surface area contributed by atoms with Gasteiger partial charge in [0.25, 0.3) is 11.8 Å². The number of hydrogen-bond donors (Lipinski definition) is 2. The van der Waals surface area contributed by atoms with Crippen LogP contribution in [-0.2, 0) is 10.2 Å². The van der Waals surface area contributed by atoms with Crippen LogP contribution in [-0.4, -0.2) is 66.8 Å². The van der Waals surface area contributed by atoms with Gasteiger partial charge in [0.15, 0.2) is 0 Å². The molecule has 262 valence electrons. The maximum absolute atomic E-state index is 13.2. The number of nitrogens with one attached hydrogen (secondary N) is 1. The summed E-state index contributed by atoms with van der Waals surface area (Å²) in [5, 5.41) is 3.46. The van der Waals surface area contributed by atoms with E-state index in [1.165, 1.54) is 56.3 Å². The summed E-state index contributed by atoms with van der Waals surface area (Å²) in [6, 6.07) is 17.2. The summed E-state index contributed by atoms with van der Waals surface area (Å²) in [7, 11) is 0. The van der Waals surface area contributed by atoms with Crippen molar-refractivity contribution >= 4 is 17.7 Å². The molecule has 3 amide bonds. The highest BCUT2D eigenvalue weighted by atomic mass is 16.2. The zero-order valence-corrected chi connectivity index (χ0v) is 28.7. The Labute approximate surface area is 290 Å². The van der Waals surface area contributed by atoms with Crippen LogP contribution in [0.25, 0.3) is 0 Å². The number of benzene rings is 2. The fourth-order valence-electron chi connectivity index (χ4n) is 7.54. The van der Waals surface area contributed by atoms with Crippen LogP contribution in [0, 0.1) is 5.92 Å². The number of fused-ring (bicyclic) bond motifs is 1. The molecule has 2 aromatic carbocycles. The first-order valence-corrected chi connectivity index (χ1v) is 17.9. The van der Waals surface area contributed by atoms with Crippen LogP contribution in [0.2, 0.25) is 0 Å². The fourth-order valence-corrected chi connectivity index (χ4v) is 7.54. The van der Waals surface area contributed by atoms with Gasteiger partial charge in [0, 0.05) is 13.1 Å². The van der Waals surface area contributed by atoms with Gasteiger partial charge in [-0.1, -0.05) is 119 Å². The maximum Gasteiger partial charge on any atom is 0.261 e. The summed E-state index contributed by atoms with van der Waals surface area (Å²) in [5.74, 6) is -0.408. The van der Waals surface area contributed by atoms with Crippen LogP contribution in [0.15, 0.2) is 78.4 Å². The van der Waals surface area contributed by atoms with Gasteiger partial charge in [0.1, 0.15) is 0 Å². The Morgan fingerprint density at radius 2 is 1.40 bits per heavy atom. The van der Waals surface area contributed by atoms with Gasteiger partial charge < -0.3 is 16.0 Å². The number of allylic oxidation sites excluding steroid dienone is 3. The SMILES string of the molecule is C.C/C=C\C=C(/C)C(C(N)=O)(c1ccccc1)C1CCN(CCCCCCCCCCCNCCCN2C(=O)c3ccccc3C2=O)C1. The number of carbonyl (C=O) groups excluding carboxylic acids is 3. The van der Waals surface area contributed by atoms with Crippen molar-refractivity contribution in [2.75, 3.05) is 39.3 Å². The van der Waals surface area contributed by atoms with E-state index < -0.39 is 5.41 Å². The third kappa shape index (κ3) is 9.76. The van der Waals surface area contributed by atoms with Gasteiger partial charge in [-0.25, -0.2) is 0 Å². The number of nitrogens with zero attached hydrogens (tertiary/aromatic N) is 2. The van der Waals surface area contributed by atoms with Crippen molar-refractivity contribution in [2.45, 2.75) is 97.3 Å². The Hall–Kier alpha value is -3.55. The van der Waals surface area contributed by atoms with Gasteiger partial charge in [0.05, 0.1) is 16.5 Å². The van der Waals surface area contributed by atoms with Crippen molar-refractivity contribution in [3.05, 3.63) is 95.1 Å². The Bertz CT molecular complexity index is 1340. The molecule has 2 heterocycles. The zero-order valence-electron chi connectivity index (χ0n) is 28.7. The molecule has 7 heteroatoms. The van der Waals surface area contributed by atoms with E-state index in [1.807, 2.05) is 37.3 Å². The van der Waals surface area contributed by atoms with Crippen molar-refractivity contribution in [2.24, 2.45) is 11.7 Å². The standard InChI is InChI=1S/C40H56N4O3.CH4/c1-3-4-20-32(2)40(39(41)47,33-21-13-12-14-22-33)34-25-30-43(31-34)28-18-11-9-7-5-6-8-10-17-26-42-27-19-29-44-37(45)35-23-15-16-24-36(35)38(44)46;/h3-4,12-16,20-24,34,42H,5-11,17-19,25-31H2,1-2H3,(H2,41,47);1H4/b4-3-,32-20+;. The predicted molar refractivity (Wildman–Crippen MR) is 198 cm³/mol. The van der Waals surface area contributed by atoms with E-state index in [4.69, 9.17) is 5.73 Å². The van der Waals surface area contributed by atoms with Gasteiger partial charge >= 0.3 is 0 Å². The number of carbonyl (C=O) groups is 3. The van der Waals surface area contributed by atoms with Crippen LogP contribution in [0.5, 0.6) is 0 Å². The molecular weight excluding hydrogens is 596 g/mol. The van der Waals surface area contributed by atoms with Gasteiger partial charge in [-0.15, -0.1) is 0 Å². The summed E-state index contributed by atoms with van der Waals surface area (Å²) in [5.41, 5.74) is 8.53. The van der Waals surface area contributed by atoms with Gasteiger partial charge in [-0.2, -0.15) is 0 Å². The Balaban J connectivity index is 0.00000625. The average Bonchev–Trinajstić information content (AvgIpc) is 3.65. The summed E-state index contributed by atoms with van der Waals surface area (Å²) in [6.07, 6.45) is 19.1. The number of amides is 3. The Morgan fingerprint density at radius 3 is 2.00 bits per heavy atom. The van der Waals surface area contributed by atoms with E-state index in [-0.39, 0.29) is 31.1 Å². The molecule has 0 aliphatic carbocycles. The number of nitrogens with two attached hydrogens (primary N) is 1. The monoisotopic (exact) mass is 656 g/mol. The lowest BCUT2D eigenvalue weighted by atomic mass is 9.64. The molecule has 1 fully saturated rings. The first kappa shape index (κ1) is 38.9. The third-order valence-electron chi connectivity index (χ3n) is 10.1. The summed E-state index contributed by atoms with van der Waals surface area (Å²) >= 11 is 0. The number of rotatable bonds is 21. The number of primary amides is 1. The molecule has 2 unspecified atom stereocenters. The molecule has 0 aromatic heterocycles. The second-order valence-corrected chi connectivity index (χ2v) is 13.3. The van der Waals surface area contributed by atoms with Crippen molar-refractivity contribution in [3.63, 3.8) is 0 Å². The average molecular weight is 657 g/mol. The molecule has 0 spiro atoms. The molecule has 7 nitrogen and oxygen atoms in total. The van der Waals surface area contributed by atoms with Crippen LogP contribution < -0.4 is 11.1 Å². The summed E-state index contributed by atoms with van der Waals surface area (Å²) in [6.45, 7) is 9.33. The number of likely N-dealkylation sites (tertiary alicyclic amines) is 1. The molecule has 48 heavy (non-hydrogen) atoms. The third-order valence-corrected chi connectivity index (χ3v) is 10.1. The van der Waals surface area contributed by atoms with Crippen LogP contribution in [0.3, 0.4) is 0 Å². The number of hydrogen-bond acceptors (Lipinski definition) is 5. The highest BCUT2D eigenvalue weighted by Gasteiger charge is 2.49. The number of unbranched alkanes of at least 4 members (excludes halogenated alkanes) is 8. The quantitative estimate of drug-likeness (QED) is 0.0817. The van der Waals surface area contributed by atoms with E-state index in [1.54, 1.807) is 24.3 Å². The summed E-state index contributed by atoms with van der Waals surface area (Å²) < 4.78 is 0. The molecule has 4 rings (SSSR count). The second kappa shape index (κ2) is 20.1. The van der Waals surface area contributed by atoms with E-state index in [0.717, 1.165) is 63.1 Å². The normalized spacial score (nSPS) is 17.9. The minimum atomic E-state index is -0.782. The van der Waals surface area contributed by atoms with Crippen LogP contribution in [0.1, 0.15) is 118 Å². The van der Waals surface area contributed by atoms with E-state index in [0.29, 0.717) is 17.7 Å². The van der Waals surface area contributed by atoms with Gasteiger partial charge in [-0.3, -0.25) is 19.3 Å². The first-order valence-electron chi connectivity index (χ1n) is 17.9. The van der Waals surface area contributed by atoms with Crippen molar-refractivity contribution < 1.29 is 14.4 Å². The molecular formula is C41H60N4O3. The Morgan fingerprint density at radius 1 is 0.833 bits per heavy atom. The fraction of sp³-hybridized carbons (Fsp3) is 0.537. The smallest absolute Gasteiger partial charge is 0.261 e. The van der Waals surface area contributed by atoms with Crippen LogP contribution in [0.4, 0.5) is 0 Å². The van der Waals surface area contributed by atoms with Crippen molar-refractivity contribution in [3.8, 4) is 0 Å². The maximum atomic E-state index is 13.2. The van der Waals surface area contributed by atoms with E-state index in [2.05, 4.69) is 35.3 Å². The van der Waals surface area contributed by atoms with Gasteiger partial charge in [-0.05, 0) is 89.3 Å². The lowest BCUT2D eigenvalue weighted by Gasteiger charge is -2.38. The molecule has 2 aliphatic rings. The molecule has 1 saturated heterocycles. The molecule has 2 aliphatic heterocycles. The van der Waals surface area contributed by atoms with Crippen molar-refractivity contribution in [1.29, 1.82) is 0 Å². The lowest BCUT2D eigenvalue weighted by molar-refractivity contribution is -0.124. The highest BCUT2D eigenvalue weighted by Crippen LogP contribution is 2.43. The molecule has 0 bridgehead atoms. The minimum absolute atomic E-state index is 0. The summed E-state index contributed by atoms with van der Waals surface area (Å²) in [4.78, 5) is 42.0. The van der Waals surface area contributed by atoms with Crippen molar-refractivity contribution in [1.82, 2.24) is 15.1 Å². The highest BCUT2D eigenvalue weighted by molar-refractivity contribution is 6.21. The van der Waals surface area contributed by atoms with Gasteiger partial charge in [0.2, 0.25) is 5.91 Å². The molecule has 2 atom stereocenters. The lowest BCUT2D eigenvalue weighted by Crippen LogP contribution is -2.49. The zero-order chi connectivity index (χ0) is 33.5. The molecule has 3 N–H and O–H groups in total. The minimum Gasteiger partial charge on any atom is -0.369 e.